The van der Waals surface area contributed by atoms with Crippen molar-refractivity contribution in [1.82, 2.24) is 31.5 Å². The van der Waals surface area contributed by atoms with Gasteiger partial charge >= 0.3 is 0 Å². The quantitative estimate of drug-likeness (QED) is 0.0444. The van der Waals surface area contributed by atoms with Crippen molar-refractivity contribution < 1.29 is 38.7 Å². The van der Waals surface area contributed by atoms with Crippen molar-refractivity contribution in [3.05, 3.63) is 42.0 Å². The molecule has 17 nitrogen and oxygen atoms in total. The Bertz CT molecular complexity index is 1440. The Kier molecular flexibility index (Phi) is 14.1. The molecule has 1 fully saturated rings. The van der Waals surface area contributed by atoms with Crippen LogP contribution in [0.4, 0.5) is 0 Å². The molecule has 3 rings (SSSR count). The number of phenols is 1. The summed E-state index contributed by atoms with van der Waals surface area (Å²) in [5, 5.41) is 22.5. The number of hydrogen-bond donors (Lipinski definition) is 8. The van der Waals surface area contributed by atoms with Gasteiger partial charge < -0.3 is 48.1 Å². The SMILES string of the molecule is CC(C)C1NC(=O)C(=O)C(CCCN=C(N)N)NC(=O)C2CCCN2C(=O)C(NC=O)CNC(=O)C=CC(Cc2ccc(O)cc2)NC1=O. The largest absolute Gasteiger partial charge is 0.508 e. The average molecular weight is 684 g/mol. The predicted octanol–water partition coefficient (Wildman–Crippen LogP) is -2.54. The first-order chi connectivity index (χ1) is 23.3. The number of carbonyl (C=O) groups is 7. The molecule has 0 radical (unpaired) electrons. The molecule has 2 aliphatic heterocycles. The molecule has 6 amide bonds. The summed E-state index contributed by atoms with van der Waals surface area (Å²) >= 11 is 0. The third-order valence-electron chi connectivity index (χ3n) is 8.12. The van der Waals surface area contributed by atoms with Crippen LogP contribution < -0.4 is 38.1 Å². The van der Waals surface area contributed by atoms with Gasteiger partial charge in [-0.1, -0.05) is 32.1 Å². The molecule has 0 aliphatic carbocycles. The number of nitrogens with two attached hydrogens (primary N) is 2. The van der Waals surface area contributed by atoms with E-state index >= 15 is 0 Å². The number of amides is 6. The molecule has 1 aromatic carbocycles. The molecule has 5 unspecified atom stereocenters. The Hall–Kier alpha value is -5.48. The molecule has 1 aromatic rings. The number of nitrogens with one attached hydrogen (secondary N) is 5. The van der Waals surface area contributed by atoms with E-state index < -0.39 is 71.4 Å². The molecule has 0 aromatic heterocycles. The standard InChI is InChI=1S/C32H45N9O8/c1-18(2)26-29(47)38-20(15-19-7-10-21(43)11-8-19)9-12-25(44)36-16-23(37-17-42)31(49)41-14-4-6-24(41)28(46)39-22(27(45)30(48)40-26)5-3-13-35-32(33)34/h7-12,17-18,20,22-24,26,43H,3-6,13-16H2,1-2H3,(H,36,44)(H,37,42)(H,38,47)(H,39,46)(H,40,48)(H4,33,34,35). The molecule has 5 atom stereocenters. The van der Waals surface area contributed by atoms with Crippen molar-refractivity contribution in [2.75, 3.05) is 19.6 Å². The van der Waals surface area contributed by atoms with Crippen molar-refractivity contribution in [2.45, 2.75) is 76.2 Å². The Morgan fingerprint density at radius 2 is 1.78 bits per heavy atom. The summed E-state index contributed by atoms with van der Waals surface area (Å²) in [7, 11) is 0. The van der Waals surface area contributed by atoms with E-state index in [4.69, 9.17) is 11.5 Å². The molecular formula is C32H45N9O8. The number of aliphatic imine (C=N–C) groups is 1. The summed E-state index contributed by atoms with van der Waals surface area (Å²) in [5.74, 6) is -5.34. The highest BCUT2D eigenvalue weighted by atomic mass is 16.3. The zero-order valence-electron chi connectivity index (χ0n) is 27.5. The first-order valence-corrected chi connectivity index (χ1v) is 16.1. The smallest absolute Gasteiger partial charge is 0.290 e. The van der Waals surface area contributed by atoms with Gasteiger partial charge in [0.1, 0.15) is 23.9 Å². The van der Waals surface area contributed by atoms with Crippen molar-refractivity contribution in [2.24, 2.45) is 22.4 Å². The minimum Gasteiger partial charge on any atom is -0.508 e. The van der Waals surface area contributed by atoms with Crippen molar-refractivity contribution in [3.8, 4) is 5.75 Å². The number of benzene rings is 1. The lowest BCUT2D eigenvalue weighted by Crippen LogP contribution is -2.58. The number of ketones is 1. The Morgan fingerprint density at radius 1 is 1.06 bits per heavy atom. The van der Waals surface area contributed by atoms with E-state index in [0.29, 0.717) is 18.4 Å². The maximum absolute atomic E-state index is 13.6. The number of phenolic OH excluding ortho intramolecular Hbond substituents is 1. The fraction of sp³-hybridized carbons (Fsp3) is 0.500. The molecule has 2 aliphatic rings. The average Bonchev–Trinajstić information content (AvgIpc) is 3.55. The van der Waals surface area contributed by atoms with Gasteiger partial charge in [-0.05, 0) is 55.7 Å². The number of guanidine groups is 1. The van der Waals surface area contributed by atoms with E-state index in [-0.39, 0.29) is 57.0 Å². The van der Waals surface area contributed by atoms with E-state index in [1.165, 1.54) is 23.1 Å². The summed E-state index contributed by atoms with van der Waals surface area (Å²) in [4.78, 5) is 96.9. The molecule has 0 spiro atoms. The molecule has 1 saturated heterocycles. The summed E-state index contributed by atoms with van der Waals surface area (Å²) in [6, 6.07) is 0.655. The van der Waals surface area contributed by atoms with Gasteiger partial charge in [-0.25, -0.2) is 0 Å². The molecular weight excluding hydrogens is 638 g/mol. The van der Waals surface area contributed by atoms with E-state index in [1.54, 1.807) is 26.0 Å². The zero-order valence-corrected chi connectivity index (χ0v) is 27.5. The third-order valence-corrected chi connectivity index (χ3v) is 8.12. The summed E-state index contributed by atoms with van der Waals surface area (Å²) in [5.41, 5.74) is 11.5. The molecule has 10 N–H and O–H groups in total. The molecule has 49 heavy (non-hydrogen) atoms. The van der Waals surface area contributed by atoms with Gasteiger partial charge in [0.15, 0.2) is 5.96 Å². The predicted molar refractivity (Wildman–Crippen MR) is 177 cm³/mol. The Balaban J connectivity index is 1.99. The number of fused-ring (bicyclic) bond motifs is 1. The van der Waals surface area contributed by atoms with Crippen molar-refractivity contribution in [3.63, 3.8) is 0 Å². The van der Waals surface area contributed by atoms with E-state index in [9.17, 15) is 38.7 Å². The van der Waals surface area contributed by atoms with Crippen LogP contribution in [-0.2, 0) is 40.0 Å². The highest BCUT2D eigenvalue weighted by Crippen LogP contribution is 2.20. The number of aromatic hydroxyl groups is 1. The molecule has 266 valence electrons. The lowest BCUT2D eigenvalue weighted by Gasteiger charge is -2.29. The Labute approximate surface area is 283 Å². The van der Waals surface area contributed by atoms with Crippen LogP contribution in [0.3, 0.4) is 0 Å². The van der Waals surface area contributed by atoms with Crippen molar-refractivity contribution >= 4 is 47.7 Å². The second-order valence-corrected chi connectivity index (χ2v) is 12.2. The number of carbonyl (C=O) groups excluding carboxylic acids is 7. The monoisotopic (exact) mass is 683 g/mol. The van der Waals surface area contributed by atoms with Crippen LogP contribution in [0.1, 0.15) is 45.1 Å². The minimum absolute atomic E-state index is 0.0329. The van der Waals surface area contributed by atoms with Gasteiger partial charge in [0.25, 0.3) is 5.91 Å². The minimum atomic E-state index is -1.34. The van der Waals surface area contributed by atoms with Gasteiger partial charge in [0.2, 0.25) is 35.8 Å². The van der Waals surface area contributed by atoms with Gasteiger partial charge in [-0.3, -0.25) is 38.6 Å². The summed E-state index contributed by atoms with van der Waals surface area (Å²) < 4.78 is 0. The lowest BCUT2D eigenvalue weighted by atomic mass is 9.99. The second kappa shape index (κ2) is 18.2. The molecule has 0 saturated carbocycles. The highest BCUT2D eigenvalue weighted by Gasteiger charge is 2.39. The van der Waals surface area contributed by atoms with Crippen LogP contribution in [0.5, 0.6) is 5.75 Å². The molecule has 2 heterocycles. The maximum Gasteiger partial charge on any atom is 0.290 e. The van der Waals surface area contributed by atoms with Gasteiger partial charge in [0, 0.05) is 25.7 Å². The number of nitrogens with zero attached hydrogens (tertiary/aromatic N) is 2. The topological polar surface area (TPSA) is 268 Å². The van der Waals surface area contributed by atoms with Gasteiger partial charge in [0.05, 0.1) is 12.1 Å². The van der Waals surface area contributed by atoms with Gasteiger partial charge in [-0.2, -0.15) is 0 Å². The maximum atomic E-state index is 13.6. The van der Waals surface area contributed by atoms with Crippen LogP contribution in [0.2, 0.25) is 0 Å². The summed E-state index contributed by atoms with van der Waals surface area (Å²) in [6.45, 7) is 3.32. The lowest BCUT2D eigenvalue weighted by molar-refractivity contribution is -0.144. The van der Waals surface area contributed by atoms with E-state index in [1.807, 2.05) is 0 Å². The van der Waals surface area contributed by atoms with Gasteiger partial charge in [-0.15, -0.1) is 0 Å². The first-order valence-electron chi connectivity index (χ1n) is 16.1. The number of hydrogen-bond acceptors (Lipinski definition) is 9. The number of Topliss-reactive ketones (excluding diaryl/α,β-unsaturated/α-hetero) is 1. The first kappa shape index (κ1) is 38.0. The van der Waals surface area contributed by atoms with Crippen LogP contribution in [0.25, 0.3) is 0 Å². The fourth-order valence-electron chi connectivity index (χ4n) is 5.54. The second-order valence-electron chi connectivity index (χ2n) is 12.2. The zero-order chi connectivity index (χ0) is 36.1. The highest BCUT2D eigenvalue weighted by molar-refractivity contribution is 6.38. The van der Waals surface area contributed by atoms with E-state index in [0.717, 1.165) is 6.08 Å². The third kappa shape index (κ3) is 11.3. The van der Waals surface area contributed by atoms with Crippen LogP contribution in [-0.4, -0.2) is 108 Å². The Morgan fingerprint density at radius 3 is 2.43 bits per heavy atom. The van der Waals surface area contributed by atoms with Crippen LogP contribution in [0, 0.1) is 5.92 Å². The number of rotatable bonds is 9. The molecule has 0 bridgehead atoms. The van der Waals surface area contributed by atoms with Crippen LogP contribution >= 0.6 is 0 Å². The van der Waals surface area contributed by atoms with E-state index in [2.05, 4.69) is 31.6 Å². The molecule has 17 heteroatoms. The van der Waals surface area contributed by atoms with Crippen molar-refractivity contribution in [1.29, 1.82) is 0 Å². The summed E-state index contributed by atoms with van der Waals surface area (Å²) in [6.07, 6.45) is 3.95. The fourth-order valence-corrected chi connectivity index (χ4v) is 5.54. The normalized spacial score (nSPS) is 24.4. The van der Waals surface area contributed by atoms with Crippen LogP contribution in [0.15, 0.2) is 41.4 Å².